The van der Waals surface area contributed by atoms with Crippen molar-refractivity contribution in [3.8, 4) is 5.75 Å². The second kappa shape index (κ2) is 3.58. The predicted molar refractivity (Wildman–Crippen MR) is 53.0 cm³/mol. The average molecular weight is 195 g/mol. The van der Waals surface area contributed by atoms with Gasteiger partial charge in [0.15, 0.2) is 0 Å². The van der Waals surface area contributed by atoms with Crippen LogP contribution in [0.5, 0.6) is 5.75 Å². The number of likely N-dealkylation sites (N-methyl/N-ethyl adjacent to an activating group) is 1. The van der Waals surface area contributed by atoms with Crippen molar-refractivity contribution in [2.75, 3.05) is 20.1 Å². The lowest BCUT2D eigenvalue weighted by Crippen LogP contribution is -2.20. The molecule has 3 heteroatoms. The van der Waals surface area contributed by atoms with Crippen molar-refractivity contribution in [1.29, 1.82) is 0 Å². The topological polar surface area (TPSA) is 23.5 Å². The molecule has 1 aliphatic heterocycles. The highest BCUT2D eigenvalue weighted by Crippen LogP contribution is 2.26. The third-order valence-corrected chi connectivity index (χ3v) is 2.84. The van der Waals surface area contributed by atoms with E-state index < -0.39 is 0 Å². The molecule has 2 rings (SSSR count). The van der Waals surface area contributed by atoms with Crippen LogP contribution in [0.4, 0.5) is 4.39 Å². The molecule has 76 valence electrons. The van der Waals surface area contributed by atoms with Gasteiger partial charge >= 0.3 is 0 Å². The first kappa shape index (κ1) is 9.46. The van der Waals surface area contributed by atoms with E-state index in [1.807, 2.05) is 7.05 Å². The molecule has 1 aromatic carbocycles. The Hall–Kier alpha value is -1.09. The summed E-state index contributed by atoms with van der Waals surface area (Å²) in [6, 6.07) is 2.79. The van der Waals surface area contributed by atoms with Crippen LogP contribution < -0.4 is 0 Å². The summed E-state index contributed by atoms with van der Waals surface area (Å²) in [5.41, 5.74) is 1.48. The first-order valence-corrected chi connectivity index (χ1v) is 4.86. The number of hydrogen-bond donors (Lipinski definition) is 1. The Morgan fingerprint density at radius 2 is 1.86 bits per heavy atom. The van der Waals surface area contributed by atoms with E-state index in [1.165, 1.54) is 12.1 Å². The molecule has 0 unspecified atom stereocenters. The SMILES string of the molecule is CN1CCc2c(O)ccc(F)c2CC1. The lowest BCUT2D eigenvalue weighted by Gasteiger charge is -2.10. The summed E-state index contributed by atoms with van der Waals surface area (Å²) in [5, 5.41) is 9.61. The van der Waals surface area contributed by atoms with Crippen molar-refractivity contribution in [3.05, 3.63) is 29.1 Å². The van der Waals surface area contributed by atoms with Gasteiger partial charge in [-0.25, -0.2) is 4.39 Å². The highest BCUT2D eigenvalue weighted by atomic mass is 19.1. The van der Waals surface area contributed by atoms with Gasteiger partial charge in [0.05, 0.1) is 0 Å². The monoisotopic (exact) mass is 195 g/mol. The molecule has 0 saturated carbocycles. The quantitative estimate of drug-likeness (QED) is 0.679. The minimum atomic E-state index is -0.187. The van der Waals surface area contributed by atoms with E-state index in [0.29, 0.717) is 12.0 Å². The zero-order chi connectivity index (χ0) is 10.1. The van der Waals surface area contributed by atoms with Crippen LogP contribution in [0.3, 0.4) is 0 Å². The van der Waals surface area contributed by atoms with Crippen molar-refractivity contribution in [3.63, 3.8) is 0 Å². The van der Waals surface area contributed by atoms with Gasteiger partial charge in [-0.3, -0.25) is 0 Å². The predicted octanol–water partition coefficient (Wildman–Crippen LogP) is 1.56. The van der Waals surface area contributed by atoms with Gasteiger partial charge in [-0.1, -0.05) is 0 Å². The number of halogens is 1. The van der Waals surface area contributed by atoms with Crippen LogP contribution in [0.2, 0.25) is 0 Å². The third kappa shape index (κ3) is 1.60. The van der Waals surface area contributed by atoms with Crippen LogP contribution in [0.25, 0.3) is 0 Å². The Bertz CT molecular complexity index is 318. The molecular formula is C11H14FNO. The van der Waals surface area contributed by atoms with Crippen LogP contribution in [0.15, 0.2) is 12.1 Å². The Balaban J connectivity index is 2.44. The zero-order valence-electron chi connectivity index (χ0n) is 8.26. The van der Waals surface area contributed by atoms with Crippen molar-refractivity contribution >= 4 is 0 Å². The highest BCUT2D eigenvalue weighted by Gasteiger charge is 2.17. The molecule has 1 aromatic rings. The lowest BCUT2D eigenvalue weighted by atomic mass is 10.0. The van der Waals surface area contributed by atoms with Crippen LogP contribution in [-0.4, -0.2) is 30.1 Å². The summed E-state index contributed by atoms with van der Waals surface area (Å²) in [7, 11) is 2.01. The molecule has 1 heterocycles. The highest BCUT2D eigenvalue weighted by molar-refractivity contribution is 5.41. The Labute approximate surface area is 83.0 Å². The molecular weight excluding hydrogens is 181 g/mol. The lowest BCUT2D eigenvalue weighted by molar-refractivity contribution is 0.350. The van der Waals surface area contributed by atoms with Gasteiger partial charge in [0.1, 0.15) is 11.6 Å². The van der Waals surface area contributed by atoms with E-state index in [0.717, 1.165) is 25.1 Å². The minimum Gasteiger partial charge on any atom is -0.508 e. The van der Waals surface area contributed by atoms with Crippen molar-refractivity contribution in [2.24, 2.45) is 0 Å². The maximum Gasteiger partial charge on any atom is 0.126 e. The first-order valence-electron chi connectivity index (χ1n) is 4.86. The molecule has 0 radical (unpaired) electrons. The van der Waals surface area contributed by atoms with Crippen molar-refractivity contribution < 1.29 is 9.50 Å². The number of phenolic OH excluding ortho intramolecular Hbond substituents is 1. The fourth-order valence-corrected chi connectivity index (χ4v) is 1.92. The summed E-state index contributed by atoms with van der Waals surface area (Å²) in [6.07, 6.45) is 1.42. The fourth-order valence-electron chi connectivity index (χ4n) is 1.92. The summed E-state index contributed by atoms with van der Waals surface area (Å²) in [4.78, 5) is 2.15. The molecule has 0 amide bonds. The van der Waals surface area contributed by atoms with Crippen molar-refractivity contribution in [2.45, 2.75) is 12.8 Å². The number of fused-ring (bicyclic) bond motifs is 1. The van der Waals surface area contributed by atoms with E-state index in [1.54, 1.807) is 0 Å². The number of nitrogens with zero attached hydrogens (tertiary/aromatic N) is 1. The number of rotatable bonds is 0. The standard InChI is InChI=1S/C11H14FNO/c1-13-6-4-8-9(5-7-13)11(14)3-2-10(8)12/h2-3,14H,4-7H2,1H3. The largest absolute Gasteiger partial charge is 0.508 e. The number of benzene rings is 1. The first-order chi connectivity index (χ1) is 6.68. The van der Waals surface area contributed by atoms with E-state index in [2.05, 4.69) is 4.90 Å². The van der Waals surface area contributed by atoms with Gasteiger partial charge in [0.25, 0.3) is 0 Å². The van der Waals surface area contributed by atoms with Gasteiger partial charge in [-0.15, -0.1) is 0 Å². The van der Waals surface area contributed by atoms with Crippen LogP contribution in [-0.2, 0) is 12.8 Å². The minimum absolute atomic E-state index is 0.187. The number of hydrogen-bond acceptors (Lipinski definition) is 2. The van der Waals surface area contributed by atoms with Crippen molar-refractivity contribution in [1.82, 2.24) is 4.90 Å². The normalized spacial score (nSPS) is 17.6. The summed E-state index contributed by atoms with van der Waals surface area (Å²) >= 11 is 0. The van der Waals surface area contributed by atoms with Crippen LogP contribution >= 0.6 is 0 Å². The van der Waals surface area contributed by atoms with E-state index in [4.69, 9.17) is 0 Å². The van der Waals surface area contributed by atoms with Gasteiger partial charge in [-0.05, 0) is 37.6 Å². The molecule has 2 nitrogen and oxygen atoms in total. The molecule has 0 spiro atoms. The molecule has 0 bridgehead atoms. The molecule has 1 aliphatic rings. The van der Waals surface area contributed by atoms with E-state index in [9.17, 15) is 9.50 Å². The maximum atomic E-state index is 13.4. The number of phenols is 1. The second-order valence-corrected chi connectivity index (χ2v) is 3.83. The molecule has 0 atom stereocenters. The summed E-state index contributed by atoms with van der Waals surface area (Å²) < 4.78 is 13.4. The van der Waals surface area contributed by atoms with E-state index in [-0.39, 0.29) is 11.6 Å². The van der Waals surface area contributed by atoms with Gasteiger partial charge in [0.2, 0.25) is 0 Å². The Kier molecular flexibility index (Phi) is 2.42. The molecule has 0 aliphatic carbocycles. The Morgan fingerprint density at radius 3 is 2.57 bits per heavy atom. The number of aromatic hydroxyl groups is 1. The van der Waals surface area contributed by atoms with E-state index >= 15 is 0 Å². The second-order valence-electron chi connectivity index (χ2n) is 3.83. The Morgan fingerprint density at radius 1 is 1.21 bits per heavy atom. The molecule has 0 saturated heterocycles. The van der Waals surface area contributed by atoms with Crippen LogP contribution in [0.1, 0.15) is 11.1 Å². The average Bonchev–Trinajstić information content (AvgIpc) is 2.35. The van der Waals surface area contributed by atoms with Gasteiger partial charge < -0.3 is 10.0 Å². The zero-order valence-corrected chi connectivity index (χ0v) is 8.26. The molecule has 0 aromatic heterocycles. The molecule has 1 N–H and O–H groups in total. The maximum absolute atomic E-state index is 13.4. The molecule has 0 fully saturated rings. The smallest absolute Gasteiger partial charge is 0.126 e. The third-order valence-electron chi connectivity index (χ3n) is 2.84. The fraction of sp³-hybridized carbons (Fsp3) is 0.455. The molecule has 14 heavy (non-hydrogen) atoms. The van der Waals surface area contributed by atoms with Gasteiger partial charge in [-0.2, -0.15) is 0 Å². The van der Waals surface area contributed by atoms with Crippen LogP contribution in [0, 0.1) is 5.82 Å². The summed E-state index contributed by atoms with van der Waals surface area (Å²) in [5.74, 6) is 0.0461. The summed E-state index contributed by atoms with van der Waals surface area (Å²) in [6.45, 7) is 1.73. The van der Waals surface area contributed by atoms with Gasteiger partial charge in [0, 0.05) is 18.7 Å².